The van der Waals surface area contributed by atoms with Crippen LogP contribution in [0, 0.1) is 0 Å². The molecule has 4 aromatic rings. The summed E-state index contributed by atoms with van der Waals surface area (Å²) >= 11 is 2.57. The summed E-state index contributed by atoms with van der Waals surface area (Å²) in [6.07, 6.45) is 7.67. The van der Waals surface area contributed by atoms with Gasteiger partial charge in [-0.15, -0.1) is 0 Å². The molecule has 0 N–H and O–H groups in total. The molecule has 5 heteroatoms. The Morgan fingerprint density at radius 2 is 0.731 bits per heavy atom. The van der Waals surface area contributed by atoms with Crippen LogP contribution in [0.3, 0.4) is 0 Å². The van der Waals surface area contributed by atoms with Crippen LogP contribution in [-0.2, 0) is 20.4 Å². The minimum absolute atomic E-state index is 0. The molecule has 0 saturated heterocycles. The number of hydrogen-bond acceptors (Lipinski definition) is 0. The van der Waals surface area contributed by atoms with E-state index in [2.05, 4.69) is 207 Å². The second-order valence-electron chi connectivity index (χ2n) is 16.5. The van der Waals surface area contributed by atoms with E-state index in [-0.39, 0.29) is 40.6 Å². The Kier molecular flexibility index (Phi) is 16.6. The van der Waals surface area contributed by atoms with Crippen LogP contribution >= 0.6 is 0 Å². The van der Waals surface area contributed by atoms with Gasteiger partial charge in [0.2, 0.25) is 0 Å². The van der Waals surface area contributed by atoms with E-state index < -0.39 is 8.07 Å². The van der Waals surface area contributed by atoms with Gasteiger partial charge in [-0.05, 0) is 0 Å². The molecule has 0 nitrogen and oxygen atoms in total. The molecular formula is C47H59Cl3SiTi. The summed E-state index contributed by atoms with van der Waals surface area (Å²) in [5.74, 6) is 2.63. The molecule has 0 aliphatic heterocycles. The van der Waals surface area contributed by atoms with E-state index in [9.17, 15) is 0 Å². The summed E-state index contributed by atoms with van der Waals surface area (Å²) in [7, 11) is -2.92. The van der Waals surface area contributed by atoms with Crippen LogP contribution in [0.2, 0.25) is 3.34 Å². The van der Waals surface area contributed by atoms with Crippen molar-refractivity contribution in [1.82, 2.24) is 0 Å². The maximum absolute atomic E-state index is 2.92. The summed E-state index contributed by atoms with van der Waals surface area (Å²) in [4.78, 5) is 0. The van der Waals surface area contributed by atoms with E-state index >= 15 is 0 Å². The van der Waals surface area contributed by atoms with E-state index in [0.717, 1.165) is 0 Å². The second kappa shape index (κ2) is 18.7. The molecule has 52 heavy (non-hydrogen) atoms. The smallest absolute Gasteiger partial charge is 1.00 e. The molecule has 0 amide bonds. The topological polar surface area (TPSA) is 0 Å². The van der Waals surface area contributed by atoms with Gasteiger partial charge in [0.05, 0.1) is 0 Å². The molecule has 1 unspecified atom stereocenters. The van der Waals surface area contributed by atoms with Crippen LogP contribution in [0.15, 0.2) is 103 Å². The van der Waals surface area contributed by atoms with Crippen molar-refractivity contribution in [1.29, 1.82) is 0 Å². The van der Waals surface area contributed by atoms with E-state index in [0.29, 0.717) is 35.5 Å². The van der Waals surface area contributed by atoms with Gasteiger partial charge < -0.3 is 37.2 Å². The first kappa shape index (κ1) is 46.3. The van der Waals surface area contributed by atoms with Crippen LogP contribution in [0.4, 0.5) is 0 Å². The van der Waals surface area contributed by atoms with Gasteiger partial charge in [-0.3, -0.25) is 0 Å². The molecule has 1 aliphatic rings. The van der Waals surface area contributed by atoms with Crippen LogP contribution in [0.25, 0.3) is 5.57 Å². The van der Waals surface area contributed by atoms with E-state index in [1.807, 2.05) is 0 Å². The molecule has 0 bridgehead atoms. The van der Waals surface area contributed by atoms with Gasteiger partial charge in [-0.2, -0.15) is 0 Å². The molecule has 0 fully saturated rings. The fraction of sp³-hybridized carbons (Fsp3) is 0.404. The molecule has 0 aromatic heterocycles. The first-order valence-corrected chi connectivity index (χ1v) is 21.5. The molecule has 5 rings (SSSR count). The zero-order chi connectivity index (χ0) is 35.8. The quantitative estimate of drug-likeness (QED) is 0.162. The van der Waals surface area contributed by atoms with Crippen molar-refractivity contribution >= 4 is 29.2 Å². The van der Waals surface area contributed by atoms with Crippen LogP contribution in [0.5, 0.6) is 0 Å². The van der Waals surface area contributed by atoms with Gasteiger partial charge in [0.15, 0.2) is 0 Å². The van der Waals surface area contributed by atoms with Gasteiger partial charge in [-0.1, -0.05) is 0 Å². The number of benzene rings is 4. The normalized spacial score (nSPS) is 15.7. The van der Waals surface area contributed by atoms with E-state index in [4.69, 9.17) is 0 Å². The Morgan fingerprint density at radius 3 is 1.00 bits per heavy atom. The average molecular weight is 806 g/mol. The van der Waals surface area contributed by atoms with Crippen molar-refractivity contribution < 1.29 is 57.7 Å². The molecule has 0 saturated carbocycles. The van der Waals surface area contributed by atoms with Gasteiger partial charge in [-0.25, -0.2) is 0 Å². The molecule has 0 spiro atoms. The molecule has 0 heterocycles. The van der Waals surface area contributed by atoms with Gasteiger partial charge in [0.1, 0.15) is 0 Å². The Morgan fingerprint density at radius 1 is 0.442 bits per heavy atom. The van der Waals surface area contributed by atoms with E-state index in [1.54, 1.807) is 0 Å². The van der Waals surface area contributed by atoms with Crippen molar-refractivity contribution in [3.05, 3.63) is 142 Å². The third kappa shape index (κ3) is 9.16. The maximum Gasteiger partial charge on any atom is -1.00 e. The molecule has 0 radical (unpaired) electrons. The third-order valence-corrected chi connectivity index (χ3v) is 18.1. The van der Waals surface area contributed by atoms with Crippen molar-refractivity contribution in [3.8, 4) is 0 Å². The molecule has 4 aromatic carbocycles. The zero-order valence-electron chi connectivity index (χ0n) is 33.4. The minimum Gasteiger partial charge on any atom is -1.00 e. The van der Waals surface area contributed by atoms with E-state index in [1.165, 1.54) is 60.1 Å². The minimum atomic E-state index is -2.92. The summed E-state index contributed by atoms with van der Waals surface area (Å²) in [5, 5.41) is 4.60. The maximum atomic E-state index is 2.65. The monoisotopic (exact) mass is 804 g/mol. The zero-order valence-corrected chi connectivity index (χ0v) is 38.2. The Hall–Kier alpha value is -1.84. The van der Waals surface area contributed by atoms with Crippen molar-refractivity contribution in [2.24, 2.45) is 0 Å². The Bertz CT molecular complexity index is 1620. The first-order chi connectivity index (χ1) is 23.1. The van der Waals surface area contributed by atoms with Gasteiger partial charge >= 0.3 is 314 Å². The number of hydrogen-bond donors (Lipinski definition) is 0. The summed E-state index contributed by atoms with van der Waals surface area (Å²) in [5.41, 5.74) is 11.3. The molecule has 1 aliphatic carbocycles. The Labute approximate surface area is 348 Å². The van der Waals surface area contributed by atoms with Crippen molar-refractivity contribution in [2.75, 3.05) is 0 Å². The van der Waals surface area contributed by atoms with Crippen LogP contribution in [0.1, 0.15) is 158 Å². The molecule has 276 valence electrons. The third-order valence-electron chi connectivity index (χ3n) is 10.9. The van der Waals surface area contributed by atoms with Gasteiger partial charge in [0, 0.05) is 0 Å². The SMILES string of the molecule is CC(C)c1cc(C(C)C)cc([Si](c2cc(C(C)C)cc(C(C)C)c2)(c2cc(C(C)C)cc(C(C)C)c2)[C]2([Ti+3])C=CC(c3ccccc3)=C2)c1.[Cl-].[Cl-].[Cl-]. The predicted octanol–water partition coefficient (Wildman–Crippen LogP) is 2.81. The second-order valence-corrected chi connectivity index (χ2v) is 22.6. The molecular weight excluding hydrogens is 747 g/mol. The molecule has 1 atom stereocenters. The Balaban J connectivity index is 0.00000312. The van der Waals surface area contributed by atoms with Crippen LogP contribution in [-0.4, -0.2) is 8.07 Å². The average Bonchev–Trinajstić information content (AvgIpc) is 3.47. The number of rotatable bonds is 11. The van der Waals surface area contributed by atoms with Crippen LogP contribution < -0.4 is 52.8 Å². The van der Waals surface area contributed by atoms with Crippen molar-refractivity contribution in [3.63, 3.8) is 0 Å². The standard InChI is InChI=1S/C47H59Si.3ClH.Ti/c1-30(2)38-20-39(31(3)4)25-45(24-38)48(44-19-18-37(23-44)36-16-14-13-15-17-36,46-26-40(32(5)6)21-41(27-46)33(7)8)47-28-42(34(9)10)22-43(29-47)35(11)12;;;;/h13-35H,1-12H3;3*1H;/q;;;;+3/p-3. The summed E-state index contributed by atoms with van der Waals surface area (Å²) in [6, 6.07) is 34.3. The first-order valence-electron chi connectivity index (χ1n) is 18.8. The van der Waals surface area contributed by atoms with Crippen molar-refractivity contribution in [2.45, 2.75) is 122 Å². The number of allylic oxidation sites excluding steroid dienone is 4. The number of halogens is 3. The predicted molar refractivity (Wildman–Crippen MR) is 215 cm³/mol. The largest absolute Gasteiger partial charge is 1.00 e. The van der Waals surface area contributed by atoms with Gasteiger partial charge in [0.25, 0.3) is 0 Å². The fourth-order valence-electron chi connectivity index (χ4n) is 7.50. The summed E-state index contributed by atoms with van der Waals surface area (Å²) < 4.78 is -0.226. The fourth-order valence-corrected chi connectivity index (χ4v) is 15.3. The summed E-state index contributed by atoms with van der Waals surface area (Å²) in [6.45, 7) is 28.4.